The van der Waals surface area contributed by atoms with E-state index in [1.807, 2.05) is 0 Å². The quantitative estimate of drug-likeness (QED) is 0.586. The third-order valence-electron chi connectivity index (χ3n) is 3.35. The predicted octanol–water partition coefficient (Wildman–Crippen LogP) is 1.62. The molecule has 2 N–H and O–H groups in total. The van der Waals surface area contributed by atoms with Crippen LogP contribution in [-0.2, 0) is 14.3 Å². The Labute approximate surface area is 127 Å². The van der Waals surface area contributed by atoms with Crippen molar-refractivity contribution in [2.45, 2.75) is 32.0 Å². The first-order valence-electron chi connectivity index (χ1n) is 7.10. The summed E-state index contributed by atoms with van der Waals surface area (Å²) in [7, 11) is 0. The molecule has 0 bridgehead atoms. The summed E-state index contributed by atoms with van der Waals surface area (Å²) in [5.41, 5.74) is 5.06. The Kier molecular flexibility index (Phi) is 5.68. The number of nitrogens with one attached hydrogen (secondary N) is 2. The number of nitro benzene ring substituents is 1. The van der Waals surface area contributed by atoms with Crippen LogP contribution in [0.5, 0.6) is 0 Å². The second kappa shape index (κ2) is 7.71. The molecule has 8 nitrogen and oxygen atoms in total. The summed E-state index contributed by atoms with van der Waals surface area (Å²) in [4.78, 5) is 22.2. The molecular formula is C14H19N3O5. The van der Waals surface area contributed by atoms with Gasteiger partial charge in [-0.15, -0.1) is 0 Å². The van der Waals surface area contributed by atoms with Gasteiger partial charge in [0.05, 0.1) is 17.6 Å². The minimum atomic E-state index is -0.681. The molecule has 1 aromatic carbocycles. The monoisotopic (exact) mass is 309 g/mol. The first-order chi connectivity index (χ1) is 10.6. The van der Waals surface area contributed by atoms with Crippen LogP contribution in [0.3, 0.4) is 0 Å². The zero-order valence-corrected chi connectivity index (χ0v) is 12.3. The maximum absolute atomic E-state index is 11.9. The summed E-state index contributed by atoms with van der Waals surface area (Å²) in [5, 5.41) is 10.9. The van der Waals surface area contributed by atoms with E-state index in [1.165, 1.54) is 12.1 Å². The molecule has 120 valence electrons. The second-order valence-corrected chi connectivity index (χ2v) is 5.00. The van der Waals surface area contributed by atoms with Crippen LogP contribution < -0.4 is 10.9 Å². The molecule has 2 atom stereocenters. The number of ether oxygens (including phenoxy) is 2. The van der Waals surface area contributed by atoms with E-state index in [2.05, 4.69) is 10.9 Å². The maximum Gasteiger partial charge on any atom is 0.294 e. The van der Waals surface area contributed by atoms with Gasteiger partial charge < -0.3 is 9.47 Å². The summed E-state index contributed by atoms with van der Waals surface area (Å²) in [6, 6.07) is 6.06. The van der Waals surface area contributed by atoms with Crippen molar-refractivity contribution in [1.82, 2.24) is 5.43 Å². The molecule has 1 amide bonds. The fourth-order valence-electron chi connectivity index (χ4n) is 2.07. The molecule has 0 spiro atoms. The highest BCUT2D eigenvalue weighted by Gasteiger charge is 2.20. The lowest BCUT2D eigenvalue weighted by atomic mass is 10.2. The molecule has 0 saturated carbocycles. The van der Waals surface area contributed by atoms with Gasteiger partial charge in [-0.2, -0.15) is 0 Å². The summed E-state index contributed by atoms with van der Waals surface area (Å²) in [6.07, 6.45) is 1.30. The number of carbonyl (C=O) groups excluding carboxylic acids is 1. The van der Waals surface area contributed by atoms with Crippen LogP contribution in [0.1, 0.15) is 19.8 Å². The zero-order chi connectivity index (χ0) is 15.9. The molecule has 2 rings (SSSR count). The second-order valence-electron chi connectivity index (χ2n) is 5.00. The molecule has 0 aromatic heterocycles. The first-order valence-corrected chi connectivity index (χ1v) is 7.10. The van der Waals surface area contributed by atoms with Crippen molar-refractivity contribution in [2.24, 2.45) is 0 Å². The van der Waals surface area contributed by atoms with Crippen molar-refractivity contribution >= 4 is 17.3 Å². The van der Waals surface area contributed by atoms with Crippen molar-refractivity contribution in [3.8, 4) is 0 Å². The van der Waals surface area contributed by atoms with Crippen LogP contribution in [0.4, 0.5) is 11.4 Å². The Morgan fingerprint density at radius 3 is 3.00 bits per heavy atom. The number of para-hydroxylation sites is 2. The van der Waals surface area contributed by atoms with Gasteiger partial charge >= 0.3 is 0 Å². The minimum absolute atomic E-state index is 0.0402. The minimum Gasteiger partial charge on any atom is -0.376 e. The molecule has 1 heterocycles. The smallest absolute Gasteiger partial charge is 0.294 e. The van der Waals surface area contributed by atoms with Gasteiger partial charge in [-0.3, -0.25) is 25.8 Å². The van der Waals surface area contributed by atoms with E-state index in [4.69, 9.17) is 9.47 Å². The zero-order valence-electron chi connectivity index (χ0n) is 12.3. The standard InChI is InChI=1S/C14H19N3O5/c1-10(22-9-11-5-4-8-21-11)14(18)16-15-12-6-2-3-7-13(12)17(19)20/h2-3,6-7,10-11,15H,4-5,8-9H2,1H3,(H,16,18)/t10-,11+/m1/s1. The van der Waals surface area contributed by atoms with Gasteiger partial charge in [0.15, 0.2) is 0 Å². The van der Waals surface area contributed by atoms with Crippen molar-refractivity contribution < 1.29 is 19.2 Å². The third-order valence-corrected chi connectivity index (χ3v) is 3.35. The fourth-order valence-corrected chi connectivity index (χ4v) is 2.07. The van der Waals surface area contributed by atoms with Gasteiger partial charge in [0, 0.05) is 12.7 Å². The summed E-state index contributed by atoms with van der Waals surface area (Å²) < 4.78 is 10.9. The van der Waals surface area contributed by atoms with E-state index in [9.17, 15) is 14.9 Å². The Morgan fingerprint density at radius 2 is 2.32 bits per heavy atom. The molecule has 8 heteroatoms. The molecule has 1 aliphatic heterocycles. The number of benzene rings is 1. The van der Waals surface area contributed by atoms with Gasteiger partial charge in [-0.1, -0.05) is 12.1 Å². The topological polar surface area (TPSA) is 103 Å². The van der Waals surface area contributed by atoms with Crippen molar-refractivity contribution in [3.05, 3.63) is 34.4 Å². The van der Waals surface area contributed by atoms with Crippen LogP contribution in [0.15, 0.2) is 24.3 Å². The van der Waals surface area contributed by atoms with Gasteiger partial charge in [0.25, 0.3) is 11.6 Å². The average Bonchev–Trinajstić information content (AvgIpc) is 3.03. The lowest BCUT2D eigenvalue weighted by Crippen LogP contribution is -2.39. The largest absolute Gasteiger partial charge is 0.376 e. The van der Waals surface area contributed by atoms with E-state index >= 15 is 0 Å². The SMILES string of the molecule is C[C@@H](OC[C@@H]1CCCO1)C(=O)NNc1ccccc1[N+](=O)[O-]. The molecular weight excluding hydrogens is 290 g/mol. The number of amides is 1. The van der Waals surface area contributed by atoms with E-state index in [0.717, 1.165) is 19.4 Å². The van der Waals surface area contributed by atoms with Crippen molar-refractivity contribution in [2.75, 3.05) is 18.6 Å². The fraction of sp³-hybridized carbons (Fsp3) is 0.500. The molecule has 1 aliphatic rings. The summed E-state index contributed by atoms with van der Waals surface area (Å²) >= 11 is 0. The Balaban J connectivity index is 1.80. The summed E-state index contributed by atoms with van der Waals surface area (Å²) in [6.45, 7) is 2.71. The first kappa shape index (κ1) is 16.2. The highest BCUT2D eigenvalue weighted by molar-refractivity contribution is 5.82. The molecule has 1 saturated heterocycles. The van der Waals surface area contributed by atoms with Crippen LogP contribution >= 0.6 is 0 Å². The Morgan fingerprint density at radius 1 is 1.55 bits per heavy atom. The number of carbonyl (C=O) groups is 1. The maximum atomic E-state index is 11.9. The molecule has 0 unspecified atom stereocenters. The summed E-state index contributed by atoms with van der Waals surface area (Å²) in [5.74, 6) is -0.406. The third kappa shape index (κ3) is 4.40. The van der Waals surface area contributed by atoms with E-state index in [-0.39, 0.29) is 17.5 Å². The number of nitro groups is 1. The van der Waals surface area contributed by atoms with Gasteiger partial charge in [0.1, 0.15) is 11.8 Å². The molecule has 0 radical (unpaired) electrons. The number of hydrazine groups is 1. The van der Waals surface area contributed by atoms with Crippen LogP contribution in [0.25, 0.3) is 0 Å². The average molecular weight is 309 g/mol. The molecule has 22 heavy (non-hydrogen) atoms. The van der Waals surface area contributed by atoms with Gasteiger partial charge in [-0.05, 0) is 25.8 Å². The van der Waals surface area contributed by atoms with Gasteiger partial charge in [0.2, 0.25) is 0 Å². The van der Waals surface area contributed by atoms with Crippen LogP contribution in [-0.4, -0.2) is 36.3 Å². The van der Waals surface area contributed by atoms with Crippen molar-refractivity contribution in [3.63, 3.8) is 0 Å². The molecule has 1 aromatic rings. The van der Waals surface area contributed by atoms with E-state index in [0.29, 0.717) is 6.61 Å². The normalized spacial score (nSPS) is 18.7. The van der Waals surface area contributed by atoms with E-state index in [1.54, 1.807) is 19.1 Å². The lowest BCUT2D eigenvalue weighted by Gasteiger charge is -2.16. The predicted molar refractivity (Wildman–Crippen MR) is 79.2 cm³/mol. The number of hydrogen-bond donors (Lipinski definition) is 2. The number of nitrogens with zero attached hydrogens (tertiary/aromatic N) is 1. The van der Waals surface area contributed by atoms with Crippen LogP contribution in [0, 0.1) is 10.1 Å². The number of anilines is 1. The molecule has 0 aliphatic carbocycles. The van der Waals surface area contributed by atoms with Crippen molar-refractivity contribution in [1.29, 1.82) is 0 Å². The number of hydrogen-bond acceptors (Lipinski definition) is 6. The van der Waals surface area contributed by atoms with E-state index < -0.39 is 16.9 Å². The number of rotatable bonds is 7. The van der Waals surface area contributed by atoms with Gasteiger partial charge in [-0.25, -0.2) is 0 Å². The highest BCUT2D eigenvalue weighted by Crippen LogP contribution is 2.22. The van der Waals surface area contributed by atoms with Crippen LogP contribution in [0.2, 0.25) is 0 Å². The Bertz CT molecular complexity index is 531. The lowest BCUT2D eigenvalue weighted by molar-refractivity contribution is -0.384. The molecule has 1 fully saturated rings. The Hall–Kier alpha value is -2.19. The highest BCUT2D eigenvalue weighted by atomic mass is 16.6.